The molecule has 0 bridgehead atoms. The van der Waals surface area contributed by atoms with Crippen LogP contribution in [-0.4, -0.2) is 16.5 Å². The van der Waals surface area contributed by atoms with Gasteiger partial charge in [0.25, 0.3) is 0 Å². The van der Waals surface area contributed by atoms with Crippen molar-refractivity contribution >= 4 is 27.7 Å². The third kappa shape index (κ3) is 3.34. The second kappa shape index (κ2) is 6.87. The van der Waals surface area contributed by atoms with Crippen LogP contribution >= 0.6 is 15.9 Å². The highest BCUT2D eigenvalue weighted by atomic mass is 79.9. The predicted octanol–water partition coefficient (Wildman–Crippen LogP) is 4.56. The van der Waals surface area contributed by atoms with Gasteiger partial charge in [-0.1, -0.05) is 47.0 Å². The van der Waals surface area contributed by atoms with Crippen LogP contribution in [0, 0.1) is 13.8 Å². The van der Waals surface area contributed by atoms with Crippen molar-refractivity contribution in [1.82, 2.24) is 9.97 Å². The van der Waals surface area contributed by atoms with Crippen molar-refractivity contribution < 1.29 is 0 Å². The van der Waals surface area contributed by atoms with Crippen molar-refractivity contribution in [3.8, 4) is 0 Å². The third-order valence-electron chi connectivity index (χ3n) is 4.67. The van der Waals surface area contributed by atoms with Gasteiger partial charge in [0.15, 0.2) is 0 Å². The van der Waals surface area contributed by atoms with E-state index in [4.69, 9.17) is 5.73 Å². The van der Waals surface area contributed by atoms with Crippen LogP contribution in [0.4, 0.5) is 11.8 Å². The summed E-state index contributed by atoms with van der Waals surface area (Å²) < 4.78 is 1.16. The molecule has 5 heteroatoms. The molecule has 1 aliphatic rings. The van der Waals surface area contributed by atoms with Crippen LogP contribution in [0.25, 0.3) is 0 Å². The van der Waals surface area contributed by atoms with E-state index in [1.165, 1.54) is 24.8 Å². The molecule has 3 rings (SSSR count). The Morgan fingerprint density at radius 1 is 1.13 bits per heavy atom. The van der Waals surface area contributed by atoms with Gasteiger partial charge < -0.3 is 10.6 Å². The summed E-state index contributed by atoms with van der Waals surface area (Å²) in [7, 11) is 0. The monoisotopic (exact) mass is 374 g/mol. The summed E-state index contributed by atoms with van der Waals surface area (Å²) in [6, 6.07) is 8.81. The summed E-state index contributed by atoms with van der Waals surface area (Å²) in [5.41, 5.74) is 9.34. The lowest BCUT2D eigenvalue weighted by molar-refractivity contribution is 0.593. The molecule has 0 aliphatic carbocycles. The van der Waals surface area contributed by atoms with E-state index in [-0.39, 0.29) is 0 Å². The van der Waals surface area contributed by atoms with Crippen molar-refractivity contribution in [3.63, 3.8) is 0 Å². The van der Waals surface area contributed by atoms with Crippen molar-refractivity contribution in [2.45, 2.75) is 45.6 Å². The molecule has 1 aromatic heterocycles. The van der Waals surface area contributed by atoms with E-state index in [2.05, 4.69) is 62.0 Å². The molecule has 0 radical (unpaired) electrons. The Morgan fingerprint density at radius 3 is 2.70 bits per heavy atom. The first-order valence-corrected chi connectivity index (χ1v) is 8.99. The normalized spacial score (nSPS) is 18.7. The number of nitrogens with two attached hydrogens (primary N) is 1. The number of aryl methyl sites for hydroxylation is 1. The highest BCUT2D eigenvalue weighted by molar-refractivity contribution is 9.10. The predicted molar refractivity (Wildman–Crippen MR) is 98.6 cm³/mol. The topological polar surface area (TPSA) is 55.0 Å². The highest BCUT2D eigenvalue weighted by Gasteiger charge is 2.27. The maximum atomic E-state index is 5.93. The second-order valence-corrected chi connectivity index (χ2v) is 7.05. The maximum Gasteiger partial charge on any atom is 0.222 e. The molecular formula is C18H23BrN4. The minimum absolute atomic E-state index is 0.320. The molecule has 4 nitrogen and oxygen atoms in total. The Bertz CT molecular complexity index is 701. The zero-order valence-corrected chi connectivity index (χ0v) is 15.3. The Labute approximate surface area is 146 Å². The van der Waals surface area contributed by atoms with Crippen LogP contribution in [-0.2, 0) is 0 Å². The van der Waals surface area contributed by atoms with Crippen LogP contribution in [0.3, 0.4) is 0 Å². The minimum Gasteiger partial charge on any atom is -0.368 e. The summed E-state index contributed by atoms with van der Waals surface area (Å²) in [4.78, 5) is 11.3. The van der Waals surface area contributed by atoms with Crippen molar-refractivity contribution in [2.75, 3.05) is 17.2 Å². The average molecular weight is 375 g/mol. The molecule has 1 aliphatic heterocycles. The molecular weight excluding hydrogens is 352 g/mol. The molecule has 2 heterocycles. The lowest BCUT2D eigenvalue weighted by atomic mass is 10.0. The zero-order chi connectivity index (χ0) is 16.4. The Hall–Kier alpha value is -1.62. The van der Waals surface area contributed by atoms with Crippen molar-refractivity contribution in [3.05, 3.63) is 45.6 Å². The number of nitrogen functional groups attached to an aromatic ring is 1. The Kier molecular flexibility index (Phi) is 4.85. The van der Waals surface area contributed by atoms with Gasteiger partial charge in [0.05, 0.1) is 6.04 Å². The summed E-state index contributed by atoms with van der Waals surface area (Å²) in [5.74, 6) is 1.34. The number of anilines is 2. The van der Waals surface area contributed by atoms with Gasteiger partial charge in [-0.25, -0.2) is 4.98 Å². The number of rotatable bonds is 2. The first-order chi connectivity index (χ1) is 11.1. The molecule has 122 valence electrons. The Balaban J connectivity index is 2.08. The van der Waals surface area contributed by atoms with Crippen LogP contribution in [0.5, 0.6) is 0 Å². The summed E-state index contributed by atoms with van der Waals surface area (Å²) in [6.45, 7) is 5.09. The SMILES string of the molecule is Cc1nc(N)nc(N2CCCCC[C@@H]2c2ccccc2Br)c1C. The largest absolute Gasteiger partial charge is 0.368 e. The molecule has 1 fully saturated rings. The fourth-order valence-corrected chi connectivity index (χ4v) is 3.89. The fourth-order valence-electron chi connectivity index (χ4n) is 3.34. The van der Waals surface area contributed by atoms with Gasteiger partial charge in [-0.2, -0.15) is 4.98 Å². The van der Waals surface area contributed by atoms with Gasteiger partial charge in [-0.3, -0.25) is 0 Å². The lowest BCUT2D eigenvalue weighted by Crippen LogP contribution is -2.30. The summed E-state index contributed by atoms with van der Waals surface area (Å²) in [6.07, 6.45) is 4.81. The number of aromatic nitrogens is 2. The third-order valence-corrected chi connectivity index (χ3v) is 5.39. The molecule has 0 unspecified atom stereocenters. The van der Waals surface area contributed by atoms with Crippen LogP contribution < -0.4 is 10.6 Å². The lowest BCUT2D eigenvalue weighted by Gasteiger charge is -2.33. The van der Waals surface area contributed by atoms with Gasteiger partial charge in [0, 0.05) is 22.3 Å². The molecule has 0 amide bonds. The van der Waals surface area contributed by atoms with Crippen molar-refractivity contribution in [2.24, 2.45) is 0 Å². The standard InChI is InChI=1S/C18H23BrN4/c1-12-13(2)21-18(20)22-17(12)23-11-7-3-4-10-16(23)14-8-5-6-9-15(14)19/h5-6,8-9,16H,3-4,7,10-11H2,1-2H3,(H2,20,21,22)/t16-/m1/s1. The molecule has 0 saturated carbocycles. The molecule has 2 aromatic rings. The van der Waals surface area contributed by atoms with Gasteiger partial charge in [0.2, 0.25) is 5.95 Å². The molecule has 2 N–H and O–H groups in total. The van der Waals surface area contributed by atoms with E-state index in [1.54, 1.807) is 0 Å². The van der Waals surface area contributed by atoms with Crippen LogP contribution in [0.1, 0.15) is 48.5 Å². The van der Waals surface area contributed by atoms with E-state index in [9.17, 15) is 0 Å². The minimum atomic E-state index is 0.320. The maximum absolute atomic E-state index is 5.93. The van der Waals surface area contributed by atoms with Crippen LogP contribution in [0.15, 0.2) is 28.7 Å². The number of hydrogen-bond acceptors (Lipinski definition) is 4. The summed E-state index contributed by atoms with van der Waals surface area (Å²) in [5, 5.41) is 0. The molecule has 0 spiro atoms. The van der Waals surface area contributed by atoms with Gasteiger partial charge in [-0.05, 0) is 38.3 Å². The van der Waals surface area contributed by atoms with Gasteiger partial charge in [-0.15, -0.1) is 0 Å². The molecule has 1 atom stereocenters. The quantitative estimate of drug-likeness (QED) is 0.836. The fraction of sp³-hybridized carbons (Fsp3) is 0.444. The van der Waals surface area contributed by atoms with E-state index >= 15 is 0 Å². The Morgan fingerprint density at radius 2 is 1.91 bits per heavy atom. The molecule has 1 aromatic carbocycles. The number of hydrogen-bond donors (Lipinski definition) is 1. The first-order valence-electron chi connectivity index (χ1n) is 8.19. The van der Waals surface area contributed by atoms with Crippen molar-refractivity contribution in [1.29, 1.82) is 0 Å². The van der Waals surface area contributed by atoms with Crippen LogP contribution in [0.2, 0.25) is 0 Å². The second-order valence-electron chi connectivity index (χ2n) is 6.20. The number of nitrogens with zero attached hydrogens (tertiary/aromatic N) is 3. The first kappa shape index (κ1) is 16.2. The van der Waals surface area contributed by atoms with E-state index in [1.807, 2.05) is 6.92 Å². The summed E-state index contributed by atoms with van der Waals surface area (Å²) >= 11 is 3.72. The smallest absolute Gasteiger partial charge is 0.222 e. The molecule has 23 heavy (non-hydrogen) atoms. The van der Waals surface area contributed by atoms with E-state index in [0.29, 0.717) is 12.0 Å². The highest BCUT2D eigenvalue weighted by Crippen LogP contribution is 2.38. The number of halogens is 1. The van der Waals surface area contributed by atoms with E-state index < -0.39 is 0 Å². The average Bonchev–Trinajstić information content (AvgIpc) is 2.77. The van der Waals surface area contributed by atoms with Gasteiger partial charge in [0.1, 0.15) is 5.82 Å². The van der Waals surface area contributed by atoms with Gasteiger partial charge >= 0.3 is 0 Å². The molecule has 1 saturated heterocycles. The van der Waals surface area contributed by atoms with E-state index in [0.717, 1.165) is 34.5 Å². The number of benzene rings is 1. The zero-order valence-electron chi connectivity index (χ0n) is 13.7.